The van der Waals surface area contributed by atoms with Crippen molar-refractivity contribution in [1.82, 2.24) is 20.9 Å². The van der Waals surface area contributed by atoms with Gasteiger partial charge in [0.15, 0.2) is 47.5 Å². The maximum atomic E-state index is 14.3. The number of aliphatic carboxylic acids is 1. The van der Waals surface area contributed by atoms with Gasteiger partial charge in [-0.25, -0.2) is 0 Å². The first kappa shape index (κ1) is 75.9. The Bertz CT molecular complexity index is 2320. The first-order valence-corrected chi connectivity index (χ1v) is 30.7. The van der Waals surface area contributed by atoms with Gasteiger partial charge in [0.25, 0.3) is 0 Å². The molecule has 0 radical (unpaired) electrons. The molecule has 3 rings (SSSR count). The number of aliphatic hydroxyl groups excluding tert-OH is 6. The van der Waals surface area contributed by atoms with Gasteiger partial charge in [0.1, 0.15) is 42.7 Å². The van der Waals surface area contributed by atoms with Crippen LogP contribution in [0.15, 0.2) is 0 Å². The molecule has 3 aliphatic heterocycles. The number of carboxylic acid groups (broad SMARTS) is 1. The predicted molar refractivity (Wildman–Crippen MR) is 308 cm³/mol. The Morgan fingerprint density at radius 1 is 0.616 bits per heavy atom. The molecule has 26 nitrogen and oxygen atoms in total. The maximum Gasteiger partial charge on any atom is 0.227 e. The summed E-state index contributed by atoms with van der Waals surface area (Å²) in [7, 11) is 0. The number of nitrogens with zero attached hydrogens (tertiary/aromatic N) is 1. The maximum absolute atomic E-state index is 14.3. The topological polar surface area (TPSA) is 419 Å². The summed E-state index contributed by atoms with van der Waals surface area (Å²) in [5.74, 6) is -13.5. The van der Waals surface area contributed by atoms with Gasteiger partial charge in [-0.15, -0.1) is 0 Å². The second-order valence-electron chi connectivity index (χ2n) is 25.2. The number of hydrogen-bond donors (Lipinski definition) is 11. The van der Waals surface area contributed by atoms with E-state index in [0.717, 1.165) is 0 Å². The third kappa shape index (κ3) is 20.3. The smallest absolute Gasteiger partial charge is 0.227 e. The average molecular weight is 1250 g/mol. The van der Waals surface area contributed by atoms with E-state index >= 15 is 0 Å². The lowest BCUT2D eigenvalue weighted by atomic mass is 9.84. The molecule has 0 saturated carbocycles. The highest BCUT2D eigenvalue weighted by Gasteiger charge is 2.51. The Hall–Kier alpha value is -4.39. The Morgan fingerprint density at radius 2 is 1.10 bits per heavy atom. The minimum absolute atomic E-state index is 0.136. The molecule has 4 amide bonds. The molecule has 0 aromatic heterocycles. The minimum Gasteiger partial charge on any atom is -0.550 e. The molecule has 27 heteroatoms. The van der Waals surface area contributed by atoms with Crippen molar-refractivity contribution < 1.29 is 108 Å². The lowest BCUT2D eigenvalue weighted by Crippen LogP contribution is -2.71. The number of amides is 4. The lowest BCUT2D eigenvalue weighted by molar-refractivity contribution is -0.432. The number of rotatable bonds is 35. The Morgan fingerprint density at radius 3 is 1.62 bits per heavy atom. The van der Waals surface area contributed by atoms with Gasteiger partial charge in [0.05, 0.1) is 43.5 Å². The third-order valence-corrected chi connectivity index (χ3v) is 17.6. The average Bonchev–Trinajstić information content (AvgIpc) is 1.23. The van der Waals surface area contributed by atoms with Crippen molar-refractivity contribution in [1.29, 1.82) is 0 Å². The van der Waals surface area contributed by atoms with Crippen molar-refractivity contribution in [3.63, 3.8) is 0 Å². The fourth-order valence-corrected chi connectivity index (χ4v) is 11.2. The number of thiol groups is 1. The number of carboxylic acids is 1. The van der Waals surface area contributed by atoms with Crippen LogP contribution in [0.4, 0.5) is 0 Å². The molecule has 3 fully saturated rings. The van der Waals surface area contributed by atoms with Gasteiger partial charge in [-0.1, -0.05) is 69.2 Å². The van der Waals surface area contributed by atoms with E-state index < -0.39 is 217 Å². The number of hydrogen-bond acceptors (Lipinski definition) is 22. The molecule has 0 aliphatic carbocycles. The van der Waals surface area contributed by atoms with E-state index in [1.165, 1.54) is 25.7 Å². The van der Waals surface area contributed by atoms with Crippen LogP contribution >= 0.6 is 12.6 Å². The standard InChI is InChI=1S/C59H99N5O21S/c1-25(2)35(55(78)63-47(28(7)8)43(71)20-36(26(3)4)54(77)62-31(11)39(67)18-34(24-86)57(80)81)19-40(68)32(12)61-53(76)29(9)17-41(69)38-15-14-16-64(38)56(79)37(27(5)6)21-42(70)46(60)33(13)82-58-30(10)52(49(73)45(23-66)83-58)85-59-51(75)50(74)48(72)44(22-65)84-59/h25-38,44-52,58-59,65-66,72-75,86H,14-24,60H2,1-13H3,(H,61,76)(H,62,77)(H,63,78)(H,80,81)/t29?,30?,31-,32-,33?,34?,35?,36?,37?,38-,44?,45?,46-,47-,48-,49-,50-,51?,52+,58-,59-/m0/s1. The van der Waals surface area contributed by atoms with Crippen LogP contribution in [0, 0.1) is 59.2 Å². The highest BCUT2D eigenvalue weighted by molar-refractivity contribution is 7.80. The molecule has 10 unspecified atom stereocenters. The molecule has 0 aromatic rings. The van der Waals surface area contributed by atoms with E-state index in [2.05, 4.69) is 34.3 Å². The monoisotopic (exact) mass is 1250 g/mol. The normalized spacial score (nSPS) is 27.9. The summed E-state index contributed by atoms with van der Waals surface area (Å²) >= 11 is 3.96. The first-order valence-electron chi connectivity index (χ1n) is 30.1. The predicted octanol–water partition coefficient (Wildman–Crippen LogP) is -2.41. The summed E-state index contributed by atoms with van der Waals surface area (Å²) < 4.78 is 23.4. The van der Waals surface area contributed by atoms with Crippen LogP contribution in [-0.2, 0) is 66.9 Å². The molecule has 12 N–H and O–H groups in total. The van der Waals surface area contributed by atoms with Gasteiger partial charge < -0.3 is 86.1 Å². The second kappa shape index (κ2) is 34.5. The number of nitrogens with one attached hydrogen (secondary N) is 3. The van der Waals surface area contributed by atoms with Crippen LogP contribution in [0.1, 0.15) is 135 Å². The third-order valence-electron chi connectivity index (χ3n) is 17.1. The molecule has 0 bridgehead atoms. The summed E-state index contributed by atoms with van der Waals surface area (Å²) in [5, 5.41) is 81.3. The van der Waals surface area contributed by atoms with Gasteiger partial charge in [-0.2, -0.15) is 12.6 Å². The number of likely N-dealkylation sites (tertiary alicyclic amines) is 1. The molecule has 21 atom stereocenters. The SMILES string of the molecule is CC(CC(=O)[C@@H]1CCCN1C(=O)C(CC(=O)[C@@H]([NH3+])C(C)O[C@H]1OC(CO)[C@H](O)[C@H](O[C@@H]2OC(CO)[C@H](O)[C@H](O)C2O)C1C)C(C)C)C(=O)N[C@@H](C)C(=O)CC(C(=O)N[C@H](C(=O)CC(C(=O)N[C@@H](C)C(=O)CC(CS)C(=O)[O-])C(C)C)C(C)C)C(C)C. The van der Waals surface area contributed by atoms with Crippen molar-refractivity contribution in [3.05, 3.63) is 0 Å². The summed E-state index contributed by atoms with van der Waals surface area (Å²) in [6.07, 6.45) is -15.2. The number of quaternary nitrogens is 1. The van der Waals surface area contributed by atoms with Crippen molar-refractivity contribution in [2.45, 2.75) is 227 Å². The highest BCUT2D eigenvalue weighted by Crippen LogP contribution is 2.34. The number of Topliss-reactive ketones (excluding diaryl/α,β-unsaturated/α-hetero) is 5. The summed E-state index contributed by atoms with van der Waals surface area (Å²) in [4.78, 5) is 136. The number of ether oxygens (including phenoxy) is 4. The van der Waals surface area contributed by atoms with Gasteiger partial charge in [-0.05, 0) is 63.0 Å². The molecule has 3 heterocycles. The van der Waals surface area contributed by atoms with E-state index in [9.17, 15) is 83.7 Å². The first-order chi connectivity index (χ1) is 40.0. The molecular weight excluding hydrogens is 1150 g/mol. The zero-order valence-electron chi connectivity index (χ0n) is 52.1. The van der Waals surface area contributed by atoms with Gasteiger partial charge in [0.2, 0.25) is 23.6 Å². The fourth-order valence-electron chi connectivity index (χ4n) is 10.9. The highest BCUT2D eigenvalue weighted by atomic mass is 32.1. The zero-order valence-corrected chi connectivity index (χ0v) is 53.0. The number of carbonyl (C=O) groups excluding carboxylic acids is 10. The molecule has 3 saturated heterocycles. The number of ketones is 5. The second-order valence-corrected chi connectivity index (χ2v) is 25.6. The van der Waals surface area contributed by atoms with Gasteiger partial charge in [-0.3, -0.25) is 43.2 Å². The quantitative estimate of drug-likeness (QED) is 0.0294. The Kier molecular flexibility index (Phi) is 30.5. The molecule has 3 aliphatic rings. The van der Waals surface area contributed by atoms with Crippen LogP contribution in [0.5, 0.6) is 0 Å². The van der Waals surface area contributed by atoms with E-state index in [4.69, 9.17) is 18.9 Å². The van der Waals surface area contributed by atoms with Crippen molar-refractivity contribution in [2.24, 2.45) is 59.2 Å². The van der Waals surface area contributed by atoms with E-state index in [-0.39, 0.29) is 49.8 Å². The minimum atomic E-state index is -1.79. The van der Waals surface area contributed by atoms with Gasteiger partial charge >= 0.3 is 0 Å². The van der Waals surface area contributed by atoms with Crippen LogP contribution in [0.25, 0.3) is 0 Å². The van der Waals surface area contributed by atoms with E-state index in [1.807, 2.05) is 0 Å². The van der Waals surface area contributed by atoms with Crippen LogP contribution < -0.4 is 26.8 Å². The van der Waals surface area contributed by atoms with E-state index in [0.29, 0.717) is 12.8 Å². The lowest BCUT2D eigenvalue weighted by Gasteiger charge is -2.47. The molecular formula is C59H99N5O21S. The van der Waals surface area contributed by atoms with Crippen molar-refractivity contribution in [3.8, 4) is 0 Å². The summed E-state index contributed by atoms with van der Waals surface area (Å²) in [5.41, 5.74) is 4.03. The summed E-state index contributed by atoms with van der Waals surface area (Å²) in [6, 6.07) is -5.21. The van der Waals surface area contributed by atoms with Crippen LogP contribution in [-0.4, -0.2) is 211 Å². The van der Waals surface area contributed by atoms with E-state index in [1.54, 1.807) is 69.2 Å². The fraction of sp³-hybridized carbons (Fsp3) is 0.831. The van der Waals surface area contributed by atoms with Crippen LogP contribution in [0.2, 0.25) is 0 Å². The molecule has 0 spiro atoms. The molecule has 0 aromatic carbocycles. The van der Waals surface area contributed by atoms with Gasteiger partial charge in [0, 0.05) is 80.1 Å². The Balaban J connectivity index is 1.61. The van der Waals surface area contributed by atoms with Crippen molar-refractivity contribution >= 4 is 71.1 Å². The summed E-state index contributed by atoms with van der Waals surface area (Å²) in [6.45, 7) is 20.1. The van der Waals surface area contributed by atoms with Crippen LogP contribution in [0.3, 0.4) is 0 Å². The van der Waals surface area contributed by atoms with Crippen molar-refractivity contribution in [2.75, 3.05) is 25.5 Å². The Labute approximate surface area is 509 Å². The molecule has 86 heavy (non-hydrogen) atoms. The number of aliphatic hydroxyl groups is 6. The largest absolute Gasteiger partial charge is 0.550 e. The molecule has 492 valence electrons. The zero-order chi connectivity index (χ0) is 65.5. The number of carbonyl (C=O) groups is 10.